The van der Waals surface area contributed by atoms with Crippen molar-refractivity contribution in [1.29, 1.82) is 0 Å². The van der Waals surface area contributed by atoms with Gasteiger partial charge in [-0.1, -0.05) is 18.2 Å². The van der Waals surface area contributed by atoms with Crippen LogP contribution in [0.4, 0.5) is 0 Å². The molecule has 0 aliphatic carbocycles. The Morgan fingerprint density at radius 2 is 1.25 bits per heavy atom. The summed E-state index contributed by atoms with van der Waals surface area (Å²) in [6.45, 7) is 1.94. The van der Waals surface area contributed by atoms with Crippen molar-refractivity contribution in [3.8, 4) is 5.75 Å². The average molecular weight is 413 g/mol. The number of hydrogen-bond acceptors (Lipinski definition) is 5. The molecule has 0 aliphatic rings. The number of carboxylic acids is 2. The van der Waals surface area contributed by atoms with E-state index in [1.165, 1.54) is 0 Å². The van der Waals surface area contributed by atoms with Crippen LogP contribution < -0.4 is 10.2 Å². The summed E-state index contributed by atoms with van der Waals surface area (Å²) in [5, 5.41) is 26.4. The molecule has 0 saturated carbocycles. The zero-order valence-electron chi connectivity index (χ0n) is 9.17. The number of carboxylic acid groups (broad SMARTS) is 2. The van der Waals surface area contributed by atoms with Crippen molar-refractivity contribution >= 4 is 11.9 Å². The predicted octanol–water partition coefficient (Wildman–Crippen LogP) is -1.10. The molecular weight excluding hydrogens is 401 g/mol. The molecule has 0 bridgehead atoms. The zero-order chi connectivity index (χ0) is 12.3. The van der Waals surface area contributed by atoms with Crippen LogP contribution in [0.2, 0.25) is 0 Å². The molecule has 1 N–H and O–H groups in total. The number of benzene rings is 1. The molecule has 0 atom stereocenters. The summed E-state index contributed by atoms with van der Waals surface area (Å²) < 4.78 is 0. The molecule has 6 heteroatoms. The Hall–Kier alpha value is -1.10. The molecule has 1 aromatic rings. The number of phenolic OH excluding ortho intramolecular Hbond substituents is 1. The van der Waals surface area contributed by atoms with Gasteiger partial charge in [0.15, 0.2) is 0 Å². The van der Waals surface area contributed by atoms with Crippen LogP contribution in [-0.4, -0.2) is 17.0 Å². The van der Waals surface area contributed by atoms with Crippen LogP contribution in [0.15, 0.2) is 30.3 Å². The Kier molecular flexibility index (Phi) is 17.7. The maximum absolute atomic E-state index is 8.89. The Morgan fingerprint density at radius 3 is 1.38 bits per heavy atom. The second kappa shape index (κ2) is 13.9. The van der Waals surface area contributed by atoms with Crippen molar-refractivity contribution in [3.63, 3.8) is 0 Å². The van der Waals surface area contributed by atoms with Crippen molar-refractivity contribution in [2.75, 3.05) is 0 Å². The second-order valence-corrected chi connectivity index (χ2v) is 2.32. The van der Waals surface area contributed by atoms with E-state index in [1.807, 2.05) is 6.07 Å². The number of rotatable bonds is 0. The first-order valence-electron chi connectivity index (χ1n) is 3.95. The fourth-order valence-electron chi connectivity index (χ4n) is 0.428. The van der Waals surface area contributed by atoms with Gasteiger partial charge < -0.3 is 24.9 Å². The van der Waals surface area contributed by atoms with E-state index >= 15 is 0 Å². The van der Waals surface area contributed by atoms with E-state index < -0.39 is 11.9 Å². The summed E-state index contributed by atoms with van der Waals surface area (Å²) in [6, 6.07) is 8.71. The summed E-state index contributed by atoms with van der Waals surface area (Å²) >= 11 is 0. The molecule has 0 saturated heterocycles. The van der Waals surface area contributed by atoms with Crippen molar-refractivity contribution in [3.05, 3.63) is 30.3 Å². The second-order valence-electron chi connectivity index (χ2n) is 2.32. The van der Waals surface area contributed by atoms with Crippen LogP contribution in [0.25, 0.3) is 0 Å². The summed E-state index contributed by atoms with van der Waals surface area (Å²) in [5.41, 5.74) is 0. The number of aliphatic carboxylic acids is 2. The third-order valence-corrected chi connectivity index (χ3v) is 0.756. The number of aromatic hydroxyl groups is 1. The minimum absolute atomic E-state index is 0. The van der Waals surface area contributed by atoms with Crippen LogP contribution in [0.5, 0.6) is 5.75 Å². The minimum Gasteiger partial charge on any atom is -0.550 e. The molecule has 1 aromatic carbocycles. The molecule has 0 amide bonds. The Balaban J connectivity index is -0.000000166. The first-order valence-corrected chi connectivity index (χ1v) is 3.95. The van der Waals surface area contributed by atoms with Gasteiger partial charge in [-0.15, -0.1) is 0 Å². The zero-order valence-corrected chi connectivity index (χ0v) is 14.7. The molecule has 0 fully saturated rings. The third-order valence-electron chi connectivity index (χ3n) is 0.756. The van der Waals surface area contributed by atoms with Gasteiger partial charge in [-0.2, -0.15) is 0 Å². The van der Waals surface area contributed by atoms with E-state index in [9.17, 15) is 0 Å². The predicted molar refractivity (Wildman–Crippen MR) is 49.5 cm³/mol. The topological polar surface area (TPSA) is 100 Å². The number of phenols is 1. The Bertz CT molecular complexity index is 267. The van der Waals surface area contributed by atoms with Gasteiger partial charge in [0.1, 0.15) is 5.75 Å². The summed E-state index contributed by atoms with van der Waals surface area (Å²) in [7, 11) is 0. The number of carbonyl (C=O) groups excluding carboxylic acids is 2. The monoisotopic (exact) mass is 414 g/mol. The molecule has 84 valence electrons. The van der Waals surface area contributed by atoms with E-state index in [0.29, 0.717) is 5.75 Å². The largest absolute Gasteiger partial charge is 2.00 e. The van der Waals surface area contributed by atoms with Gasteiger partial charge in [0.25, 0.3) is 0 Å². The van der Waals surface area contributed by atoms with Gasteiger partial charge in [-0.3, -0.25) is 0 Å². The molecule has 0 aromatic heterocycles. The van der Waals surface area contributed by atoms with Gasteiger partial charge in [-0.05, 0) is 26.0 Å². The first kappa shape index (κ1) is 20.3. The van der Waals surface area contributed by atoms with E-state index in [2.05, 4.69) is 0 Å². The molecule has 0 spiro atoms. The van der Waals surface area contributed by atoms with Crippen molar-refractivity contribution in [1.82, 2.24) is 0 Å². The maximum Gasteiger partial charge on any atom is 2.00 e. The van der Waals surface area contributed by atoms with Gasteiger partial charge in [0, 0.05) is 11.9 Å². The smallest absolute Gasteiger partial charge is 0.550 e. The van der Waals surface area contributed by atoms with Crippen molar-refractivity contribution in [2.24, 2.45) is 0 Å². The number of hydrogen-bond donors (Lipinski definition) is 1. The molecule has 0 radical (unpaired) electrons. The third kappa shape index (κ3) is 38.4. The van der Waals surface area contributed by atoms with Crippen LogP contribution in [-0.2, 0) is 37.3 Å². The van der Waals surface area contributed by atoms with E-state index in [-0.39, 0.29) is 27.7 Å². The van der Waals surface area contributed by atoms with Gasteiger partial charge in [0.2, 0.25) is 0 Å². The molecule has 16 heavy (non-hydrogen) atoms. The number of carbonyl (C=O) groups is 2. The quantitative estimate of drug-likeness (QED) is 0.545. The van der Waals surface area contributed by atoms with E-state index in [0.717, 1.165) is 13.8 Å². The summed E-state index contributed by atoms with van der Waals surface area (Å²) in [5.74, 6) is -1.84. The molecule has 0 unspecified atom stereocenters. The SMILES string of the molecule is CC(=O)[O-].CC(=O)[O-].Oc1ccccc1.[Hg+2]. The first-order chi connectivity index (χ1) is 6.86. The van der Waals surface area contributed by atoms with Crippen LogP contribution >= 0.6 is 0 Å². The molecule has 5 nitrogen and oxygen atoms in total. The maximum atomic E-state index is 8.89. The Morgan fingerprint density at radius 1 is 1.00 bits per heavy atom. The molecule has 0 aliphatic heterocycles. The van der Waals surface area contributed by atoms with E-state index in [1.54, 1.807) is 24.3 Å². The van der Waals surface area contributed by atoms with Crippen LogP contribution in [0.3, 0.4) is 0 Å². The van der Waals surface area contributed by atoms with Crippen molar-refractivity contribution < 1.29 is 52.6 Å². The average Bonchev–Trinajstić information content (AvgIpc) is 2.03. The fraction of sp³-hybridized carbons (Fsp3) is 0.200. The summed E-state index contributed by atoms with van der Waals surface area (Å²) in [6.07, 6.45) is 0. The van der Waals surface area contributed by atoms with Crippen LogP contribution in [0.1, 0.15) is 13.8 Å². The summed E-state index contributed by atoms with van der Waals surface area (Å²) in [4.78, 5) is 17.8. The van der Waals surface area contributed by atoms with E-state index in [4.69, 9.17) is 24.9 Å². The van der Waals surface area contributed by atoms with Crippen LogP contribution in [0, 0.1) is 0 Å². The van der Waals surface area contributed by atoms with Crippen molar-refractivity contribution in [2.45, 2.75) is 13.8 Å². The minimum atomic E-state index is -1.08. The van der Waals surface area contributed by atoms with Gasteiger partial charge in [0.05, 0.1) is 0 Å². The number of para-hydroxylation sites is 1. The molecule has 1 rings (SSSR count). The molecular formula is C10H12HgO5. The standard InChI is InChI=1S/C6H6O.2C2H4O2.Hg/c7-6-4-2-1-3-5-6;2*1-2(3)4;/h1-5,7H;2*1H3,(H,3,4);/q;;;+2/p-2. The van der Waals surface area contributed by atoms with Gasteiger partial charge >= 0.3 is 27.7 Å². The fourth-order valence-corrected chi connectivity index (χ4v) is 0.428. The van der Waals surface area contributed by atoms with Gasteiger partial charge in [-0.25, -0.2) is 0 Å². The Labute approximate surface area is 114 Å². The molecule has 0 heterocycles. The normalized spacial score (nSPS) is 6.88.